The molecule has 2 aromatic rings. The second kappa shape index (κ2) is 5.55. The molecule has 3 rings (SSSR count). The topological polar surface area (TPSA) is 26.7 Å². The average molecular weight is 268 g/mol. The fourth-order valence-electron chi connectivity index (χ4n) is 2.70. The number of aliphatic hydroxyl groups excluding tert-OH is 1. The summed E-state index contributed by atoms with van der Waals surface area (Å²) in [5, 5.41) is 9.09. The third kappa shape index (κ3) is 2.49. The molecule has 20 heavy (non-hydrogen) atoms. The Bertz CT molecular complexity index is 580. The highest BCUT2D eigenvalue weighted by molar-refractivity contribution is 5.73. The zero-order valence-electron chi connectivity index (χ0n) is 11.8. The van der Waals surface area contributed by atoms with Crippen LogP contribution in [0.2, 0.25) is 0 Å². The van der Waals surface area contributed by atoms with E-state index in [0.717, 1.165) is 25.2 Å². The second-order valence-corrected chi connectivity index (χ2v) is 5.31. The molecular formula is C17H20N2O. The van der Waals surface area contributed by atoms with Crippen molar-refractivity contribution in [2.75, 3.05) is 29.9 Å². The SMILES string of the molecule is CN1CCN(Cc2ccc(CO)cc2)c2ccccc21. The summed E-state index contributed by atoms with van der Waals surface area (Å²) in [5.74, 6) is 0. The van der Waals surface area contributed by atoms with E-state index in [9.17, 15) is 0 Å². The van der Waals surface area contributed by atoms with Gasteiger partial charge in [0.05, 0.1) is 18.0 Å². The first-order valence-corrected chi connectivity index (χ1v) is 7.02. The zero-order valence-corrected chi connectivity index (χ0v) is 11.8. The van der Waals surface area contributed by atoms with E-state index < -0.39 is 0 Å². The van der Waals surface area contributed by atoms with E-state index in [4.69, 9.17) is 5.11 Å². The summed E-state index contributed by atoms with van der Waals surface area (Å²) < 4.78 is 0. The smallest absolute Gasteiger partial charge is 0.0681 e. The van der Waals surface area contributed by atoms with Crippen molar-refractivity contribution in [2.24, 2.45) is 0 Å². The van der Waals surface area contributed by atoms with Crippen LogP contribution in [0.5, 0.6) is 0 Å². The van der Waals surface area contributed by atoms with E-state index in [2.05, 4.69) is 53.2 Å². The maximum atomic E-state index is 9.09. The third-order valence-electron chi connectivity index (χ3n) is 3.92. The lowest BCUT2D eigenvalue weighted by atomic mass is 10.1. The lowest BCUT2D eigenvalue weighted by Crippen LogP contribution is -2.38. The van der Waals surface area contributed by atoms with Crippen LogP contribution in [0.1, 0.15) is 11.1 Å². The van der Waals surface area contributed by atoms with E-state index >= 15 is 0 Å². The predicted molar refractivity (Wildman–Crippen MR) is 83.1 cm³/mol. The summed E-state index contributed by atoms with van der Waals surface area (Å²) in [5.41, 5.74) is 4.84. The molecule has 1 aliphatic heterocycles. The van der Waals surface area contributed by atoms with Crippen LogP contribution in [-0.2, 0) is 13.2 Å². The highest BCUT2D eigenvalue weighted by Gasteiger charge is 2.19. The molecule has 0 aliphatic carbocycles. The number of benzene rings is 2. The van der Waals surface area contributed by atoms with Crippen LogP contribution in [0.3, 0.4) is 0 Å². The molecule has 1 N–H and O–H groups in total. The minimum atomic E-state index is 0.109. The number of nitrogens with zero attached hydrogens (tertiary/aromatic N) is 2. The molecule has 0 unspecified atom stereocenters. The van der Waals surface area contributed by atoms with Crippen LogP contribution < -0.4 is 9.80 Å². The molecule has 1 aliphatic rings. The molecule has 0 fully saturated rings. The average Bonchev–Trinajstić information content (AvgIpc) is 2.51. The maximum Gasteiger partial charge on any atom is 0.0681 e. The van der Waals surface area contributed by atoms with Crippen molar-refractivity contribution in [3.63, 3.8) is 0 Å². The number of anilines is 2. The van der Waals surface area contributed by atoms with Gasteiger partial charge >= 0.3 is 0 Å². The number of rotatable bonds is 3. The van der Waals surface area contributed by atoms with E-state index in [0.29, 0.717) is 0 Å². The number of para-hydroxylation sites is 2. The van der Waals surface area contributed by atoms with Gasteiger partial charge in [0.1, 0.15) is 0 Å². The Balaban J connectivity index is 1.82. The molecule has 1 heterocycles. The Hall–Kier alpha value is -2.00. The Morgan fingerprint density at radius 1 is 0.900 bits per heavy atom. The molecule has 0 spiro atoms. The Labute approximate surface area is 120 Å². The predicted octanol–water partition coefficient (Wildman–Crippen LogP) is 2.64. The molecule has 0 atom stereocenters. The minimum absolute atomic E-state index is 0.109. The normalized spacial score (nSPS) is 14.3. The molecule has 0 saturated heterocycles. The molecule has 3 nitrogen and oxygen atoms in total. The molecule has 3 heteroatoms. The van der Waals surface area contributed by atoms with Crippen LogP contribution >= 0.6 is 0 Å². The first kappa shape index (κ1) is 13.0. The van der Waals surface area contributed by atoms with Crippen molar-refractivity contribution in [2.45, 2.75) is 13.2 Å². The van der Waals surface area contributed by atoms with Gasteiger partial charge in [0.15, 0.2) is 0 Å². The first-order chi connectivity index (χ1) is 9.78. The van der Waals surface area contributed by atoms with E-state index in [1.165, 1.54) is 16.9 Å². The minimum Gasteiger partial charge on any atom is -0.392 e. The van der Waals surface area contributed by atoms with Crippen molar-refractivity contribution in [1.29, 1.82) is 0 Å². The monoisotopic (exact) mass is 268 g/mol. The van der Waals surface area contributed by atoms with Crippen LogP contribution in [0.15, 0.2) is 48.5 Å². The van der Waals surface area contributed by atoms with E-state index in [-0.39, 0.29) is 6.61 Å². The largest absolute Gasteiger partial charge is 0.392 e. The van der Waals surface area contributed by atoms with Gasteiger partial charge in [-0.2, -0.15) is 0 Å². The molecule has 0 amide bonds. The van der Waals surface area contributed by atoms with Gasteiger partial charge in [0.2, 0.25) is 0 Å². The highest BCUT2D eigenvalue weighted by atomic mass is 16.3. The Kier molecular flexibility index (Phi) is 3.61. The molecule has 0 radical (unpaired) electrons. The van der Waals surface area contributed by atoms with Gasteiger partial charge in [-0.15, -0.1) is 0 Å². The number of hydrogen-bond donors (Lipinski definition) is 1. The Morgan fingerprint density at radius 3 is 2.25 bits per heavy atom. The first-order valence-electron chi connectivity index (χ1n) is 7.02. The van der Waals surface area contributed by atoms with Gasteiger partial charge < -0.3 is 14.9 Å². The maximum absolute atomic E-state index is 9.09. The van der Waals surface area contributed by atoms with Gasteiger partial charge in [0.25, 0.3) is 0 Å². The van der Waals surface area contributed by atoms with E-state index in [1.54, 1.807) is 0 Å². The van der Waals surface area contributed by atoms with Gasteiger partial charge in [-0.05, 0) is 23.3 Å². The van der Waals surface area contributed by atoms with Crippen LogP contribution in [-0.4, -0.2) is 25.2 Å². The highest BCUT2D eigenvalue weighted by Crippen LogP contribution is 2.32. The van der Waals surface area contributed by atoms with Crippen molar-refractivity contribution < 1.29 is 5.11 Å². The lowest BCUT2D eigenvalue weighted by molar-refractivity contribution is 0.282. The summed E-state index contributed by atoms with van der Waals surface area (Å²) in [6, 6.07) is 16.8. The third-order valence-corrected chi connectivity index (χ3v) is 3.92. The van der Waals surface area contributed by atoms with Crippen LogP contribution in [0.4, 0.5) is 11.4 Å². The van der Waals surface area contributed by atoms with Gasteiger partial charge in [0, 0.05) is 26.7 Å². The zero-order chi connectivity index (χ0) is 13.9. The van der Waals surface area contributed by atoms with Crippen molar-refractivity contribution in [3.05, 3.63) is 59.7 Å². The van der Waals surface area contributed by atoms with Crippen LogP contribution in [0, 0.1) is 0 Å². The molecular weight excluding hydrogens is 248 g/mol. The molecule has 2 aromatic carbocycles. The van der Waals surface area contributed by atoms with Gasteiger partial charge in [-0.1, -0.05) is 36.4 Å². The van der Waals surface area contributed by atoms with Gasteiger partial charge in [-0.25, -0.2) is 0 Å². The molecule has 0 aromatic heterocycles. The Morgan fingerprint density at radius 2 is 1.55 bits per heavy atom. The summed E-state index contributed by atoms with van der Waals surface area (Å²) >= 11 is 0. The summed E-state index contributed by atoms with van der Waals surface area (Å²) in [7, 11) is 2.15. The van der Waals surface area contributed by atoms with Crippen molar-refractivity contribution in [1.82, 2.24) is 0 Å². The standard InChI is InChI=1S/C17H20N2O/c1-18-10-11-19(17-5-3-2-4-16(17)18)12-14-6-8-15(13-20)9-7-14/h2-9,20H,10-13H2,1H3. The number of hydrogen-bond acceptors (Lipinski definition) is 3. The quantitative estimate of drug-likeness (QED) is 0.927. The van der Waals surface area contributed by atoms with Crippen molar-refractivity contribution >= 4 is 11.4 Å². The second-order valence-electron chi connectivity index (χ2n) is 5.31. The molecule has 0 bridgehead atoms. The number of aliphatic hydroxyl groups is 1. The summed E-state index contributed by atoms with van der Waals surface area (Å²) in [6.45, 7) is 3.11. The summed E-state index contributed by atoms with van der Waals surface area (Å²) in [6.07, 6.45) is 0. The van der Waals surface area contributed by atoms with Crippen molar-refractivity contribution in [3.8, 4) is 0 Å². The fraction of sp³-hybridized carbons (Fsp3) is 0.294. The molecule has 104 valence electrons. The fourth-order valence-corrected chi connectivity index (χ4v) is 2.70. The lowest BCUT2D eigenvalue weighted by Gasteiger charge is -2.37. The van der Waals surface area contributed by atoms with E-state index in [1.807, 2.05) is 12.1 Å². The number of fused-ring (bicyclic) bond motifs is 1. The molecule has 0 saturated carbocycles. The summed E-state index contributed by atoms with van der Waals surface area (Å²) in [4.78, 5) is 4.73. The van der Waals surface area contributed by atoms with Gasteiger partial charge in [-0.3, -0.25) is 0 Å². The van der Waals surface area contributed by atoms with Crippen LogP contribution in [0.25, 0.3) is 0 Å². The number of likely N-dealkylation sites (N-methyl/N-ethyl adjacent to an activating group) is 1.